The van der Waals surface area contributed by atoms with E-state index in [9.17, 15) is 19.2 Å². The quantitative estimate of drug-likeness (QED) is 0.212. The summed E-state index contributed by atoms with van der Waals surface area (Å²) < 4.78 is 0. The number of aliphatic carboxylic acids is 4. The van der Waals surface area contributed by atoms with Gasteiger partial charge in [0.2, 0.25) is 0 Å². The number of hydrogen-bond donors (Lipinski definition) is 4. The number of hydrogen-bond acceptors (Lipinski definition) is 4. The van der Waals surface area contributed by atoms with Crippen LogP contribution in [0.4, 0.5) is 0 Å². The van der Waals surface area contributed by atoms with Gasteiger partial charge in [-0.05, 0) is 27.7 Å². The van der Waals surface area contributed by atoms with Crippen molar-refractivity contribution in [3.05, 3.63) is 97.2 Å². The third-order valence-corrected chi connectivity index (χ3v) is 2.17. The van der Waals surface area contributed by atoms with Crippen molar-refractivity contribution < 1.29 is 39.6 Å². The van der Waals surface area contributed by atoms with Gasteiger partial charge in [0.25, 0.3) is 0 Å². The van der Waals surface area contributed by atoms with Crippen LogP contribution in [0.3, 0.4) is 0 Å². The van der Waals surface area contributed by atoms with E-state index in [0.29, 0.717) is 0 Å². The van der Waals surface area contributed by atoms with Crippen LogP contribution < -0.4 is 0 Å². The molecule has 0 heterocycles. The molecule has 0 aromatic heterocycles. The van der Waals surface area contributed by atoms with Gasteiger partial charge in [-0.3, -0.25) is 0 Å². The molecule has 0 radical (unpaired) electrons. The minimum atomic E-state index is -0.914. The van der Waals surface area contributed by atoms with E-state index in [4.69, 9.17) is 20.4 Å². The van der Waals surface area contributed by atoms with Gasteiger partial charge in [-0.25, -0.2) is 19.2 Å². The molecule has 0 spiro atoms. The van der Waals surface area contributed by atoms with Gasteiger partial charge in [0, 0.05) is 24.3 Å². The summed E-state index contributed by atoms with van der Waals surface area (Å²) in [4.78, 5) is 39.0. The molecule has 34 heavy (non-hydrogen) atoms. The molecular weight excluding hydrogens is 494 g/mol. The Kier molecular flexibility index (Phi) is 57.7. The Morgan fingerprint density at radius 1 is 0.382 bits per heavy atom. The zero-order valence-electron chi connectivity index (χ0n) is 18.7. The molecule has 0 aromatic carbocycles. The maximum atomic E-state index is 9.75. The van der Waals surface area contributed by atoms with E-state index < -0.39 is 23.9 Å². The average Bonchev–Trinajstić information content (AvgIpc) is 2.69. The normalized spacial score (nSPS) is 10.5. The zero-order chi connectivity index (χ0) is 25.6. The molecule has 0 aliphatic heterocycles. The summed E-state index contributed by atoms with van der Waals surface area (Å²) in [6.07, 6.45) is 23.9. The second kappa shape index (κ2) is 42.3. The molecule has 0 amide bonds. The molecule has 0 fully saturated rings. The van der Waals surface area contributed by atoms with Crippen molar-refractivity contribution >= 4 is 127 Å². The topological polar surface area (TPSA) is 149 Å². The predicted molar refractivity (Wildman–Crippen MR) is 141 cm³/mol. The SMILES string of the molecule is C/C=C/C=C/C(=O)O.C/C=C/C=C/C(=O)O.C/C=C/C=C/C(=O)O.C/C=C/C=C/C(=O)O.[KH].[KH]. The number of carboxylic acids is 4. The Bertz CT molecular complexity index is 629. The van der Waals surface area contributed by atoms with Crippen LogP contribution in [0.15, 0.2) is 97.2 Å². The molecule has 0 atom stereocenters. The Morgan fingerprint density at radius 3 is 0.618 bits per heavy atom. The van der Waals surface area contributed by atoms with E-state index in [1.807, 2.05) is 27.7 Å². The molecule has 0 saturated heterocycles. The van der Waals surface area contributed by atoms with Crippen LogP contribution in [0.1, 0.15) is 27.7 Å². The number of allylic oxidation sites excluding steroid dienone is 12. The molecule has 0 unspecified atom stereocenters. The molecule has 180 valence electrons. The second-order valence-corrected chi connectivity index (χ2v) is 4.89. The summed E-state index contributed by atoms with van der Waals surface area (Å²) in [5, 5.41) is 32.1. The van der Waals surface area contributed by atoms with Gasteiger partial charge in [-0.1, -0.05) is 72.9 Å². The van der Waals surface area contributed by atoms with Gasteiger partial charge >= 0.3 is 127 Å². The van der Waals surface area contributed by atoms with Crippen LogP contribution in [0.25, 0.3) is 0 Å². The Balaban J connectivity index is -0.0000000754. The van der Waals surface area contributed by atoms with Crippen molar-refractivity contribution in [1.82, 2.24) is 0 Å². The molecule has 0 bridgehead atoms. The molecular formula is C24H34K2O8. The van der Waals surface area contributed by atoms with Crippen molar-refractivity contribution in [2.24, 2.45) is 0 Å². The summed E-state index contributed by atoms with van der Waals surface area (Å²) in [5.41, 5.74) is 0. The van der Waals surface area contributed by atoms with E-state index in [1.54, 1.807) is 48.6 Å². The molecule has 0 aliphatic rings. The number of carboxylic acid groups (broad SMARTS) is 4. The van der Waals surface area contributed by atoms with Crippen molar-refractivity contribution in [1.29, 1.82) is 0 Å². The first-order valence-corrected chi connectivity index (χ1v) is 9.18. The maximum absolute atomic E-state index is 9.75. The summed E-state index contributed by atoms with van der Waals surface area (Å²) in [7, 11) is 0. The van der Waals surface area contributed by atoms with Gasteiger partial charge in [0.05, 0.1) is 0 Å². The van der Waals surface area contributed by atoms with Crippen LogP contribution in [-0.2, 0) is 19.2 Å². The Labute approximate surface area is 286 Å². The predicted octanol–water partition coefficient (Wildman–Crippen LogP) is 3.52. The van der Waals surface area contributed by atoms with E-state index in [2.05, 4.69) is 0 Å². The summed E-state index contributed by atoms with van der Waals surface area (Å²) in [6, 6.07) is 0. The first kappa shape index (κ1) is 46.4. The molecule has 8 nitrogen and oxygen atoms in total. The fraction of sp³-hybridized carbons (Fsp3) is 0.167. The van der Waals surface area contributed by atoms with Crippen LogP contribution in [-0.4, -0.2) is 147 Å². The van der Waals surface area contributed by atoms with Crippen molar-refractivity contribution in [2.45, 2.75) is 27.7 Å². The molecule has 10 heteroatoms. The third kappa shape index (κ3) is 77.3. The van der Waals surface area contributed by atoms with Crippen LogP contribution >= 0.6 is 0 Å². The van der Waals surface area contributed by atoms with Crippen LogP contribution in [0.2, 0.25) is 0 Å². The summed E-state index contributed by atoms with van der Waals surface area (Å²) >= 11 is 0. The Hall–Kier alpha value is -0.927. The Morgan fingerprint density at radius 2 is 0.529 bits per heavy atom. The molecule has 4 N–H and O–H groups in total. The van der Waals surface area contributed by atoms with Crippen molar-refractivity contribution in [3.8, 4) is 0 Å². The van der Waals surface area contributed by atoms with Gasteiger partial charge in [0.15, 0.2) is 0 Å². The van der Waals surface area contributed by atoms with E-state index in [1.165, 1.54) is 24.3 Å². The zero-order valence-corrected chi connectivity index (χ0v) is 18.7. The minimum absolute atomic E-state index is 0. The first-order chi connectivity index (χ1) is 15.1. The average molecular weight is 529 g/mol. The molecule has 0 saturated carbocycles. The number of carbonyl (C=O) groups is 4. The van der Waals surface area contributed by atoms with E-state index >= 15 is 0 Å². The fourth-order valence-electron chi connectivity index (χ4n) is 0.996. The van der Waals surface area contributed by atoms with Crippen molar-refractivity contribution in [3.63, 3.8) is 0 Å². The fourth-order valence-corrected chi connectivity index (χ4v) is 0.996. The monoisotopic (exact) mass is 528 g/mol. The van der Waals surface area contributed by atoms with Gasteiger partial charge in [-0.2, -0.15) is 0 Å². The van der Waals surface area contributed by atoms with Gasteiger partial charge in [-0.15, -0.1) is 0 Å². The van der Waals surface area contributed by atoms with Gasteiger partial charge < -0.3 is 20.4 Å². The second-order valence-electron chi connectivity index (χ2n) is 4.89. The first-order valence-electron chi connectivity index (χ1n) is 9.18. The van der Waals surface area contributed by atoms with E-state index in [-0.39, 0.29) is 103 Å². The third-order valence-electron chi connectivity index (χ3n) is 2.17. The van der Waals surface area contributed by atoms with E-state index in [0.717, 1.165) is 24.3 Å². The molecule has 0 aliphatic carbocycles. The standard InChI is InChI=1S/4C6H8O2.2K.2H/c4*1-2-3-4-5-6(7)8;;;;/h4*2-5H,1H3,(H,7,8);;;;/b4*3-2+,5-4+;;;;. The number of rotatable bonds is 8. The van der Waals surface area contributed by atoms with Crippen LogP contribution in [0.5, 0.6) is 0 Å². The van der Waals surface area contributed by atoms with Gasteiger partial charge in [0.1, 0.15) is 0 Å². The molecule has 0 rings (SSSR count). The van der Waals surface area contributed by atoms with Crippen LogP contribution in [0, 0.1) is 0 Å². The summed E-state index contributed by atoms with van der Waals surface area (Å²) in [5.74, 6) is -3.66. The summed E-state index contributed by atoms with van der Waals surface area (Å²) in [6.45, 7) is 7.30. The molecule has 0 aromatic rings. The van der Waals surface area contributed by atoms with Crippen molar-refractivity contribution in [2.75, 3.05) is 0 Å².